The zero-order valence-corrected chi connectivity index (χ0v) is 11.4. The molecule has 2 aromatic rings. The van der Waals surface area contributed by atoms with E-state index in [0.29, 0.717) is 6.42 Å². The summed E-state index contributed by atoms with van der Waals surface area (Å²) in [6, 6.07) is 3.47. The summed E-state index contributed by atoms with van der Waals surface area (Å²) in [5.74, 6) is -2.11. The predicted molar refractivity (Wildman–Crippen MR) is 71.2 cm³/mol. The summed E-state index contributed by atoms with van der Waals surface area (Å²) < 4.78 is 34.1. The summed E-state index contributed by atoms with van der Waals surface area (Å²) >= 11 is 0. The normalized spacial score (nSPS) is 14.1. The van der Waals surface area contributed by atoms with Gasteiger partial charge in [0, 0.05) is 24.8 Å². The molecule has 0 aliphatic carbocycles. The highest BCUT2D eigenvalue weighted by Crippen LogP contribution is 2.28. The molecule has 0 bridgehead atoms. The van der Waals surface area contributed by atoms with Gasteiger partial charge in [-0.3, -0.25) is 4.68 Å². The molecule has 2 rings (SSSR count). The molecule has 20 heavy (non-hydrogen) atoms. The first-order chi connectivity index (χ1) is 9.52. The molecule has 2 atom stereocenters. The molecule has 2 N–H and O–H groups in total. The number of nitrogens with zero attached hydrogens (tertiary/aromatic N) is 2. The minimum atomic E-state index is -1.01. The molecule has 0 aliphatic heterocycles. The smallest absolute Gasteiger partial charge is 0.200 e. The molecule has 0 saturated carbocycles. The van der Waals surface area contributed by atoms with E-state index in [1.807, 2.05) is 6.92 Å². The molecule has 4 nitrogen and oxygen atoms in total. The maximum atomic E-state index is 13.7. The molecule has 1 aromatic carbocycles. The van der Waals surface area contributed by atoms with Crippen LogP contribution in [0.1, 0.15) is 25.0 Å². The zero-order valence-electron chi connectivity index (χ0n) is 11.4. The Kier molecular flexibility index (Phi) is 4.34. The summed E-state index contributed by atoms with van der Waals surface area (Å²) in [7, 11) is 1.76. The Balaban J connectivity index is 2.31. The van der Waals surface area contributed by atoms with E-state index in [0.717, 1.165) is 11.6 Å². The summed E-state index contributed by atoms with van der Waals surface area (Å²) in [4.78, 5) is 0. The van der Waals surface area contributed by atoms with Gasteiger partial charge >= 0.3 is 0 Å². The number of ether oxygens (including phenoxy) is 1. The molecule has 0 aliphatic rings. The quantitative estimate of drug-likeness (QED) is 0.916. The molecule has 1 aromatic heterocycles. The van der Waals surface area contributed by atoms with E-state index in [4.69, 9.17) is 10.5 Å². The number of hydrogen-bond donors (Lipinski definition) is 1. The molecule has 0 saturated heterocycles. The van der Waals surface area contributed by atoms with Gasteiger partial charge < -0.3 is 10.5 Å². The van der Waals surface area contributed by atoms with Crippen molar-refractivity contribution in [3.05, 3.63) is 47.8 Å². The van der Waals surface area contributed by atoms with Crippen molar-refractivity contribution in [3.8, 4) is 5.75 Å². The first-order valence-electron chi connectivity index (χ1n) is 6.37. The van der Waals surface area contributed by atoms with Crippen LogP contribution in [-0.4, -0.2) is 15.8 Å². The van der Waals surface area contributed by atoms with Gasteiger partial charge in [-0.1, -0.05) is 13.0 Å². The summed E-state index contributed by atoms with van der Waals surface area (Å²) in [5.41, 5.74) is 6.74. The van der Waals surface area contributed by atoms with Crippen LogP contribution in [0.5, 0.6) is 5.75 Å². The van der Waals surface area contributed by atoms with Crippen molar-refractivity contribution in [1.29, 1.82) is 0 Å². The van der Waals surface area contributed by atoms with Crippen LogP contribution < -0.4 is 10.5 Å². The van der Waals surface area contributed by atoms with Gasteiger partial charge in [0.15, 0.2) is 11.6 Å². The van der Waals surface area contributed by atoms with E-state index in [1.165, 1.54) is 12.1 Å². The van der Waals surface area contributed by atoms with Crippen LogP contribution in [0.2, 0.25) is 0 Å². The van der Waals surface area contributed by atoms with Crippen LogP contribution in [0.4, 0.5) is 8.78 Å². The van der Waals surface area contributed by atoms with Crippen LogP contribution in [0.25, 0.3) is 0 Å². The van der Waals surface area contributed by atoms with Gasteiger partial charge in [-0.05, 0) is 18.6 Å². The maximum absolute atomic E-state index is 13.7. The van der Waals surface area contributed by atoms with Crippen molar-refractivity contribution in [2.24, 2.45) is 12.8 Å². The second kappa shape index (κ2) is 6.00. The third kappa shape index (κ3) is 2.96. The van der Waals surface area contributed by atoms with E-state index >= 15 is 0 Å². The number of benzene rings is 1. The minimum absolute atomic E-state index is 0.150. The fourth-order valence-electron chi connectivity index (χ4n) is 1.92. The van der Waals surface area contributed by atoms with Crippen molar-refractivity contribution in [3.63, 3.8) is 0 Å². The van der Waals surface area contributed by atoms with Crippen molar-refractivity contribution < 1.29 is 13.5 Å². The van der Waals surface area contributed by atoms with Crippen molar-refractivity contribution in [2.45, 2.75) is 25.5 Å². The van der Waals surface area contributed by atoms with Gasteiger partial charge in [-0.15, -0.1) is 0 Å². The topological polar surface area (TPSA) is 53.1 Å². The van der Waals surface area contributed by atoms with Gasteiger partial charge in [-0.25, -0.2) is 4.39 Å². The third-order valence-corrected chi connectivity index (χ3v) is 3.08. The van der Waals surface area contributed by atoms with Gasteiger partial charge in [0.05, 0.1) is 6.20 Å². The second-order valence-corrected chi connectivity index (χ2v) is 4.61. The average molecular weight is 281 g/mol. The fourth-order valence-corrected chi connectivity index (χ4v) is 1.92. The van der Waals surface area contributed by atoms with Crippen LogP contribution >= 0.6 is 0 Å². The summed E-state index contributed by atoms with van der Waals surface area (Å²) in [6.07, 6.45) is 3.41. The minimum Gasteiger partial charge on any atom is -0.481 e. The average Bonchev–Trinajstić information content (AvgIpc) is 2.86. The Morgan fingerprint density at radius 2 is 2.15 bits per heavy atom. The van der Waals surface area contributed by atoms with E-state index in [9.17, 15) is 8.78 Å². The molecule has 1 heterocycles. The maximum Gasteiger partial charge on any atom is 0.200 e. The Bertz CT molecular complexity index is 586. The van der Waals surface area contributed by atoms with Crippen LogP contribution in [0, 0.1) is 11.6 Å². The highest BCUT2D eigenvalue weighted by atomic mass is 19.2. The molecule has 108 valence electrons. The molecular weight excluding hydrogens is 264 g/mol. The highest BCUT2D eigenvalue weighted by molar-refractivity contribution is 5.26. The van der Waals surface area contributed by atoms with Gasteiger partial charge in [0.1, 0.15) is 6.10 Å². The van der Waals surface area contributed by atoms with E-state index in [2.05, 4.69) is 5.10 Å². The van der Waals surface area contributed by atoms with Crippen LogP contribution in [-0.2, 0) is 7.05 Å². The molecular formula is C14H17F2N3O. The number of aryl methyl sites for hydroxylation is 1. The number of rotatable bonds is 5. The Hall–Kier alpha value is -1.95. The lowest BCUT2D eigenvalue weighted by Crippen LogP contribution is -2.31. The molecule has 2 unspecified atom stereocenters. The number of hydrogen-bond acceptors (Lipinski definition) is 3. The van der Waals surface area contributed by atoms with Crippen LogP contribution in [0.15, 0.2) is 30.6 Å². The summed E-state index contributed by atoms with van der Waals surface area (Å²) in [5, 5.41) is 4.05. The summed E-state index contributed by atoms with van der Waals surface area (Å²) in [6.45, 7) is 1.90. The number of nitrogens with two attached hydrogens (primary N) is 1. The van der Waals surface area contributed by atoms with Gasteiger partial charge in [-0.2, -0.15) is 9.49 Å². The first-order valence-corrected chi connectivity index (χ1v) is 6.37. The lowest BCUT2D eigenvalue weighted by molar-refractivity contribution is 0.162. The van der Waals surface area contributed by atoms with Crippen LogP contribution in [0.3, 0.4) is 0 Å². The van der Waals surface area contributed by atoms with E-state index in [-0.39, 0.29) is 11.8 Å². The standard InChI is InChI=1S/C14H17F2N3O/c1-3-11(17)14(9-7-18-19(2)8-9)20-12-6-4-5-10(15)13(12)16/h4-8,11,14H,3,17H2,1-2H3. The van der Waals surface area contributed by atoms with Crippen molar-refractivity contribution in [2.75, 3.05) is 0 Å². The lowest BCUT2D eigenvalue weighted by Gasteiger charge is -2.23. The predicted octanol–water partition coefficient (Wildman–Crippen LogP) is 2.56. The Morgan fingerprint density at radius 1 is 1.40 bits per heavy atom. The van der Waals surface area contributed by atoms with Gasteiger partial charge in [0.2, 0.25) is 5.82 Å². The van der Waals surface area contributed by atoms with E-state index < -0.39 is 17.7 Å². The monoisotopic (exact) mass is 281 g/mol. The Labute approximate surface area is 116 Å². The highest BCUT2D eigenvalue weighted by Gasteiger charge is 2.24. The number of aromatic nitrogens is 2. The van der Waals surface area contributed by atoms with Crippen molar-refractivity contribution >= 4 is 0 Å². The van der Waals surface area contributed by atoms with Crippen molar-refractivity contribution in [1.82, 2.24) is 9.78 Å². The first kappa shape index (κ1) is 14.5. The molecule has 0 fully saturated rings. The Morgan fingerprint density at radius 3 is 2.75 bits per heavy atom. The van der Waals surface area contributed by atoms with Gasteiger partial charge in [0.25, 0.3) is 0 Å². The largest absolute Gasteiger partial charge is 0.481 e. The SMILES string of the molecule is CCC(N)C(Oc1cccc(F)c1F)c1cnn(C)c1. The molecule has 0 amide bonds. The lowest BCUT2D eigenvalue weighted by atomic mass is 10.0. The molecule has 6 heteroatoms. The second-order valence-electron chi connectivity index (χ2n) is 4.61. The molecule has 0 radical (unpaired) electrons. The molecule has 0 spiro atoms. The zero-order chi connectivity index (χ0) is 14.7. The fraction of sp³-hybridized carbons (Fsp3) is 0.357. The van der Waals surface area contributed by atoms with E-state index in [1.54, 1.807) is 24.1 Å². The number of halogens is 2. The third-order valence-electron chi connectivity index (χ3n) is 3.08.